The van der Waals surface area contributed by atoms with Crippen molar-refractivity contribution in [3.05, 3.63) is 82.5 Å². The molecule has 0 saturated carbocycles. The molecule has 1 amide bonds. The van der Waals surface area contributed by atoms with E-state index in [1.54, 1.807) is 25.3 Å². The molecule has 0 aliphatic rings. The molecule has 2 aromatic heterocycles. The van der Waals surface area contributed by atoms with E-state index in [-0.39, 0.29) is 11.4 Å². The smallest absolute Gasteiger partial charge is 0.249 e. The van der Waals surface area contributed by atoms with E-state index in [9.17, 15) is 10.1 Å². The fourth-order valence-corrected chi connectivity index (χ4v) is 3.50. The Labute approximate surface area is 189 Å². The van der Waals surface area contributed by atoms with Gasteiger partial charge in [-0.15, -0.1) is 0 Å². The van der Waals surface area contributed by atoms with E-state index in [1.807, 2.05) is 43.3 Å². The van der Waals surface area contributed by atoms with E-state index in [1.165, 1.54) is 17.0 Å². The van der Waals surface area contributed by atoms with Crippen LogP contribution in [0.4, 0.5) is 5.82 Å². The van der Waals surface area contributed by atoms with Gasteiger partial charge in [0.05, 0.1) is 13.3 Å². The molecule has 0 bridgehead atoms. The molecule has 0 aliphatic heterocycles. The molecular weight excluding hydrogens is 426 g/mol. The minimum atomic E-state index is -0.432. The first-order valence-corrected chi connectivity index (χ1v) is 10.1. The van der Waals surface area contributed by atoms with Crippen molar-refractivity contribution in [2.45, 2.75) is 6.92 Å². The molecule has 158 valence electrons. The number of hydrogen-bond acceptors (Lipinski definition) is 5. The van der Waals surface area contributed by atoms with Crippen LogP contribution in [-0.2, 0) is 4.79 Å². The second kappa shape index (κ2) is 8.92. The number of nitrogens with one attached hydrogen (secondary N) is 1. The zero-order valence-electron chi connectivity index (χ0n) is 17.3. The molecule has 0 radical (unpaired) electrons. The first-order valence-electron chi connectivity index (χ1n) is 9.68. The highest BCUT2D eigenvalue weighted by atomic mass is 35.5. The molecule has 0 aliphatic carbocycles. The topological polar surface area (TPSA) is 92.8 Å². The Hall–Kier alpha value is -4.15. The SMILES string of the molecule is COc1cccc2c(C)cc(-n3ncc(C#N)c3NC(=O)/C=C/c3ccccc3Cl)nc12. The number of aryl methyl sites for hydroxylation is 1. The third-order valence-electron chi connectivity index (χ3n) is 4.88. The van der Waals surface area contributed by atoms with Crippen LogP contribution in [0.1, 0.15) is 16.7 Å². The molecular formula is C24H18ClN5O2. The number of carbonyl (C=O) groups excluding carboxylic acids is 1. The molecule has 0 atom stereocenters. The van der Waals surface area contributed by atoms with Crippen LogP contribution in [0.5, 0.6) is 5.75 Å². The van der Waals surface area contributed by atoms with Crippen molar-refractivity contribution in [3.63, 3.8) is 0 Å². The second-order valence-electron chi connectivity index (χ2n) is 6.93. The highest BCUT2D eigenvalue weighted by molar-refractivity contribution is 6.32. The van der Waals surface area contributed by atoms with Gasteiger partial charge >= 0.3 is 0 Å². The lowest BCUT2D eigenvalue weighted by Crippen LogP contribution is -2.14. The van der Waals surface area contributed by atoms with Crippen molar-refractivity contribution in [2.75, 3.05) is 12.4 Å². The van der Waals surface area contributed by atoms with Gasteiger partial charge in [-0.1, -0.05) is 41.9 Å². The van der Waals surface area contributed by atoms with Gasteiger partial charge in [-0.2, -0.15) is 15.0 Å². The minimum Gasteiger partial charge on any atom is -0.494 e. The number of para-hydroxylation sites is 1. The van der Waals surface area contributed by atoms with Crippen molar-refractivity contribution in [2.24, 2.45) is 0 Å². The molecule has 0 unspecified atom stereocenters. The van der Waals surface area contributed by atoms with Crippen molar-refractivity contribution in [3.8, 4) is 17.6 Å². The summed E-state index contributed by atoms with van der Waals surface area (Å²) in [5, 5.41) is 18.0. The molecule has 0 saturated heterocycles. The maximum Gasteiger partial charge on any atom is 0.249 e. The van der Waals surface area contributed by atoms with E-state index in [4.69, 9.17) is 16.3 Å². The van der Waals surface area contributed by atoms with Crippen LogP contribution in [0, 0.1) is 18.3 Å². The number of nitrogens with zero attached hydrogens (tertiary/aromatic N) is 4. The Morgan fingerprint density at radius 3 is 2.81 bits per heavy atom. The van der Waals surface area contributed by atoms with Crippen LogP contribution in [0.25, 0.3) is 22.8 Å². The van der Waals surface area contributed by atoms with E-state index >= 15 is 0 Å². The third kappa shape index (κ3) is 4.04. The van der Waals surface area contributed by atoms with Crippen LogP contribution in [0.15, 0.2) is 60.8 Å². The fraction of sp³-hybridized carbons (Fsp3) is 0.0833. The third-order valence-corrected chi connectivity index (χ3v) is 5.23. The Bertz CT molecular complexity index is 1400. The molecule has 32 heavy (non-hydrogen) atoms. The van der Waals surface area contributed by atoms with Crippen molar-refractivity contribution in [1.82, 2.24) is 14.8 Å². The van der Waals surface area contributed by atoms with Gasteiger partial charge in [0.1, 0.15) is 22.9 Å². The predicted octanol–water partition coefficient (Wildman–Crippen LogP) is 4.91. The standard InChI is InChI=1S/C24H18ClN5O2/c1-15-12-21(28-23-18(15)7-5-9-20(23)32-2)30-24(17(13-26)14-27-30)29-22(31)11-10-16-6-3-4-8-19(16)25/h3-12,14H,1-2H3,(H,29,31)/b11-10+. The van der Waals surface area contributed by atoms with Gasteiger partial charge in [-0.25, -0.2) is 4.98 Å². The van der Waals surface area contributed by atoms with Gasteiger partial charge in [0.2, 0.25) is 5.91 Å². The number of methoxy groups -OCH3 is 1. The summed E-state index contributed by atoms with van der Waals surface area (Å²) in [5.41, 5.74) is 2.53. The van der Waals surface area contributed by atoms with Crippen molar-refractivity contribution >= 4 is 40.3 Å². The number of anilines is 1. The normalized spacial score (nSPS) is 10.9. The minimum absolute atomic E-state index is 0.212. The first kappa shape index (κ1) is 21.1. The zero-order valence-corrected chi connectivity index (χ0v) is 18.1. The van der Waals surface area contributed by atoms with Crippen LogP contribution < -0.4 is 10.1 Å². The zero-order chi connectivity index (χ0) is 22.7. The molecule has 0 spiro atoms. The average Bonchev–Trinajstić information content (AvgIpc) is 3.20. The average molecular weight is 444 g/mol. The molecule has 1 N–H and O–H groups in total. The second-order valence-corrected chi connectivity index (χ2v) is 7.34. The Balaban J connectivity index is 1.72. The van der Waals surface area contributed by atoms with E-state index in [2.05, 4.69) is 21.5 Å². The van der Waals surface area contributed by atoms with E-state index < -0.39 is 5.91 Å². The van der Waals surface area contributed by atoms with Gasteiger partial charge in [0.25, 0.3) is 0 Å². The molecule has 4 aromatic rings. The number of carbonyl (C=O) groups is 1. The number of halogens is 1. The van der Waals surface area contributed by atoms with E-state index in [0.29, 0.717) is 27.7 Å². The number of hydrogen-bond donors (Lipinski definition) is 1. The largest absolute Gasteiger partial charge is 0.494 e. The summed E-state index contributed by atoms with van der Waals surface area (Å²) in [4.78, 5) is 17.3. The van der Waals surface area contributed by atoms with Crippen LogP contribution in [0.3, 0.4) is 0 Å². The van der Waals surface area contributed by atoms with Gasteiger partial charge < -0.3 is 10.1 Å². The monoisotopic (exact) mass is 443 g/mol. The van der Waals surface area contributed by atoms with Crippen molar-refractivity contribution in [1.29, 1.82) is 5.26 Å². The lowest BCUT2D eigenvalue weighted by atomic mass is 10.1. The van der Waals surface area contributed by atoms with Crippen LogP contribution >= 0.6 is 11.6 Å². The molecule has 4 rings (SSSR count). The number of aromatic nitrogens is 3. The van der Waals surface area contributed by atoms with Gasteiger partial charge in [-0.05, 0) is 42.3 Å². The number of benzene rings is 2. The number of ether oxygens (including phenoxy) is 1. The first-order chi connectivity index (χ1) is 15.5. The van der Waals surface area contributed by atoms with Crippen molar-refractivity contribution < 1.29 is 9.53 Å². The number of rotatable bonds is 5. The predicted molar refractivity (Wildman–Crippen MR) is 124 cm³/mol. The van der Waals surface area contributed by atoms with E-state index in [0.717, 1.165) is 10.9 Å². The number of fused-ring (bicyclic) bond motifs is 1. The Morgan fingerprint density at radius 2 is 2.06 bits per heavy atom. The summed E-state index contributed by atoms with van der Waals surface area (Å²) in [6, 6.07) is 16.7. The molecule has 2 aromatic carbocycles. The van der Waals surface area contributed by atoms with Gasteiger partial charge in [0, 0.05) is 16.5 Å². The fourth-order valence-electron chi connectivity index (χ4n) is 3.31. The maximum absolute atomic E-state index is 12.6. The number of amides is 1. The quantitative estimate of drug-likeness (QED) is 0.442. The lowest BCUT2D eigenvalue weighted by Gasteiger charge is -2.12. The maximum atomic E-state index is 12.6. The Morgan fingerprint density at radius 1 is 1.25 bits per heavy atom. The highest BCUT2D eigenvalue weighted by Crippen LogP contribution is 2.29. The molecule has 8 heteroatoms. The Kier molecular flexibility index (Phi) is 5.88. The molecule has 2 heterocycles. The van der Waals surface area contributed by atoms with Crippen LogP contribution in [-0.4, -0.2) is 27.8 Å². The lowest BCUT2D eigenvalue weighted by molar-refractivity contribution is -0.111. The summed E-state index contributed by atoms with van der Waals surface area (Å²) < 4.78 is 6.87. The summed E-state index contributed by atoms with van der Waals surface area (Å²) >= 11 is 6.13. The molecule has 0 fully saturated rings. The number of nitriles is 1. The van der Waals surface area contributed by atoms with Crippen LogP contribution in [0.2, 0.25) is 5.02 Å². The number of pyridine rings is 1. The summed E-state index contributed by atoms with van der Waals surface area (Å²) in [6.45, 7) is 1.95. The highest BCUT2D eigenvalue weighted by Gasteiger charge is 2.17. The summed E-state index contributed by atoms with van der Waals surface area (Å²) in [7, 11) is 1.58. The summed E-state index contributed by atoms with van der Waals surface area (Å²) in [6.07, 6.45) is 4.34. The molecule has 7 nitrogen and oxygen atoms in total. The van der Waals surface area contributed by atoms with Gasteiger partial charge in [-0.3, -0.25) is 4.79 Å². The van der Waals surface area contributed by atoms with Gasteiger partial charge in [0.15, 0.2) is 11.6 Å². The summed E-state index contributed by atoms with van der Waals surface area (Å²) in [5.74, 6) is 0.862.